The summed E-state index contributed by atoms with van der Waals surface area (Å²) in [6, 6.07) is 7.14. The Hall–Kier alpha value is -2.08. The summed E-state index contributed by atoms with van der Waals surface area (Å²) in [5.74, 6) is 0. The maximum absolute atomic E-state index is 11.7. The zero-order valence-corrected chi connectivity index (χ0v) is 13.0. The minimum absolute atomic E-state index is 0.0618. The van der Waals surface area contributed by atoms with Crippen molar-refractivity contribution in [1.29, 1.82) is 0 Å². The van der Waals surface area contributed by atoms with E-state index in [1.165, 1.54) is 5.56 Å². The predicted octanol–water partition coefficient (Wildman–Crippen LogP) is 1.17. The Kier molecular flexibility index (Phi) is 3.07. The molecule has 116 valence electrons. The first-order chi connectivity index (χ1) is 10.6. The predicted molar refractivity (Wildman–Crippen MR) is 84.5 cm³/mol. The fourth-order valence-electron chi connectivity index (χ4n) is 3.71. The van der Waals surface area contributed by atoms with Gasteiger partial charge in [-0.25, -0.2) is 9.78 Å². The number of aryl methyl sites for hydroxylation is 1. The number of nitrogens with one attached hydrogen (secondary N) is 1. The Labute approximate surface area is 129 Å². The van der Waals surface area contributed by atoms with Crippen molar-refractivity contribution in [3.05, 3.63) is 30.1 Å². The van der Waals surface area contributed by atoms with Crippen molar-refractivity contribution >= 4 is 17.1 Å². The van der Waals surface area contributed by atoms with Crippen LogP contribution in [0, 0.1) is 0 Å². The van der Waals surface area contributed by atoms with Gasteiger partial charge in [0.15, 0.2) is 0 Å². The summed E-state index contributed by atoms with van der Waals surface area (Å²) >= 11 is 0. The molecule has 2 amide bonds. The summed E-state index contributed by atoms with van der Waals surface area (Å²) in [4.78, 5) is 20.4. The molecule has 6 heteroatoms. The number of nitrogens with zero attached hydrogens (tertiary/aromatic N) is 4. The van der Waals surface area contributed by atoms with Gasteiger partial charge in [-0.1, -0.05) is 6.07 Å². The van der Waals surface area contributed by atoms with E-state index in [1.807, 2.05) is 29.9 Å². The number of benzene rings is 1. The van der Waals surface area contributed by atoms with Crippen LogP contribution >= 0.6 is 0 Å². The molecule has 2 saturated heterocycles. The molecule has 0 aliphatic carbocycles. The lowest BCUT2D eigenvalue weighted by atomic mass is 9.99. The van der Waals surface area contributed by atoms with Crippen molar-refractivity contribution in [2.75, 3.05) is 20.1 Å². The van der Waals surface area contributed by atoms with Gasteiger partial charge in [0.05, 0.1) is 29.4 Å². The maximum atomic E-state index is 11.7. The van der Waals surface area contributed by atoms with E-state index in [-0.39, 0.29) is 12.1 Å². The molecule has 2 aliphatic rings. The first-order valence-electron chi connectivity index (χ1n) is 7.77. The number of rotatable bonds is 2. The van der Waals surface area contributed by atoms with E-state index < -0.39 is 0 Å². The van der Waals surface area contributed by atoms with Gasteiger partial charge in [-0.2, -0.15) is 0 Å². The average molecular weight is 299 g/mol. The van der Waals surface area contributed by atoms with Gasteiger partial charge < -0.3 is 14.8 Å². The Morgan fingerprint density at radius 2 is 2.23 bits per heavy atom. The third-order valence-electron chi connectivity index (χ3n) is 4.98. The highest BCUT2D eigenvalue weighted by Gasteiger charge is 2.40. The minimum atomic E-state index is 0.0618. The molecule has 2 aliphatic heterocycles. The third-order valence-corrected chi connectivity index (χ3v) is 4.98. The van der Waals surface area contributed by atoms with Crippen molar-refractivity contribution in [3.8, 4) is 0 Å². The largest absolute Gasteiger partial charge is 0.334 e. The van der Waals surface area contributed by atoms with Gasteiger partial charge in [-0.15, -0.1) is 0 Å². The number of imidazole rings is 1. The lowest BCUT2D eigenvalue weighted by Gasteiger charge is -2.35. The number of urea groups is 1. The molecule has 0 saturated carbocycles. The number of hydrogen-bond donors (Lipinski definition) is 1. The topological polar surface area (TPSA) is 53.4 Å². The highest BCUT2D eigenvalue weighted by molar-refractivity contribution is 5.77. The highest BCUT2D eigenvalue weighted by Crippen LogP contribution is 2.23. The van der Waals surface area contributed by atoms with E-state index in [0.717, 1.165) is 37.1 Å². The van der Waals surface area contributed by atoms with Crippen LogP contribution in [-0.2, 0) is 13.6 Å². The van der Waals surface area contributed by atoms with Gasteiger partial charge in [0.2, 0.25) is 0 Å². The highest BCUT2D eigenvalue weighted by atomic mass is 16.2. The van der Waals surface area contributed by atoms with Crippen molar-refractivity contribution in [1.82, 2.24) is 24.7 Å². The number of carbonyl (C=O) groups excluding carboxylic acids is 1. The summed E-state index contributed by atoms with van der Waals surface area (Å²) in [5, 5.41) is 3.08. The molecular weight excluding hydrogens is 278 g/mol. The van der Waals surface area contributed by atoms with E-state index in [9.17, 15) is 4.79 Å². The second-order valence-electron chi connectivity index (χ2n) is 6.44. The first kappa shape index (κ1) is 13.6. The van der Waals surface area contributed by atoms with Crippen LogP contribution in [0.5, 0.6) is 0 Å². The first-order valence-corrected chi connectivity index (χ1v) is 7.77. The molecule has 0 spiro atoms. The van der Waals surface area contributed by atoms with Crippen LogP contribution in [0.3, 0.4) is 0 Å². The second-order valence-corrected chi connectivity index (χ2v) is 6.44. The number of likely N-dealkylation sites (N-methyl/N-ethyl adjacent to an activating group) is 1. The Balaban J connectivity index is 1.48. The summed E-state index contributed by atoms with van der Waals surface area (Å²) in [7, 11) is 3.91. The molecule has 2 fully saturated rings. The van der Waals surface area contributed by atoms with Crippen LogP contribution in [-0.4, -0.2) is 57.6 Å². The summed E-state index contributed by atoms with van der Waals surface area (Å²) in [5.41, 5.74) is 3.48. The monoisotopic (exact) mass is 299 g/mol. The van der Waals surface area contributed by atoms with Crippen molar-refractivity contribution < 1.29 is 4.79 Å². The van der Waals surface area contributed by atoms with E-state index in [2.05, 4.69) is 33.4 Å². The molecule has 3 heterocycles. The molecular formula is C16H21N5O. The van der Waals surface area contributed by atoms with Gasteiger partial charge in [-0.05, 0) is 24.1 Å². The van der Waals surface area contributed by atoms with Crippen molar-refractivity contribution in [3.63, 3.8) is 0 Å². The standard InChI is InChI=1S/C16H21N5O/c1-19-10-17-12-7-11(3-4-14(12)19)8-21-6-5-15-13(9-21)18-16(22)20(15)2/h3-4,7,10,13,15H,5-6,8-9H2,1-2H3,(H,18,22)/t13-,15+/m1/s1. The van der Waals surface area contributed by atoms with Crippen LogP contribution < -0.4 is 5.32 Å². The number of amides is 2. The Morgan fingerprint density at radius 3 is 3.09 bits per heavy atom. The number of fused-ring (bicyclic) bond motifs is 2. The lowest BCUT2D eigenvalue weighted by molar-refractivity contribution is 0.147. The average Bonchev–Trinajstić information content (AvgIpc) is 3.00. The molecule has 6 nitrogen and oxygen atoms in total. The van der Waals surface area contributed by atoms with E-state index >= 15 is 0 Å². The van der Waals surface area contributed by atoms with Gasteiger partial charge in [0.25, 0.3) is 0 Å². The van der Waals surface area contributed by atoms with Crippen molar-refractivity contribution in [2.24, 2.45) is 7.05 Å². The Bertz CT molecular complexity index is 724. The maximum Gasteiger partial charge on any atom is 0.317 e. The molecule has 2 aromatic rings. The smallest absolute Gasteiger partial charge is 0.317 e. The fraction of sp³-hybridized carbons (Fsp3) is 0.500. The Morgan fingerprint density at radius 1 is 1.36 bits per heavy atom. The lowest BCUT2D eigenvalue weighted by Crippen LogP contribution is -2.50. The van der Waals surface area contributed by atoms with Gasteiger partial charge in [-0.3, -0.25) is 4.90 Å². The quantitative estimate of drug-likeness (QED) is 0.906. The van der Waals surface area contributed by atoms with Crippen LogP contribution in [0.15, 0.2) is 24.5 Å². The summed E-state index contributed by atoms with van der Waals surface area (Å²) < 4.78 is 2.04. The molecule has 4 rings (SSSR count). The number of likely N-dealkylation sites (tertiary alicyclic amines) is 1. The van der Waals surface area contributed by atoms with Gasteiger partial charge in [0, 0.05) is 33.7 Å². The normalized spacial score (nSPS) is 25.5. The number of carbonyl (C=O) groups is 1. The summed E-state index contributed by atoms with van der Waals surface area (Å²) in [6.07, 6.45) is 2.88. The van der Waals surface area contributed by atoms with E-state index in [1.54, 1.807) is 0 Å². The summed E-state index contributed by atoms with van der Waals surface area (Å²) in [6.45, 7) is 2.86. The zero-order valence-electron chi connectivity index (χ0n) is 13.0. The van der Waals surface area contributed by atoms with Crippen LogP contribution in [0.4, 0.5) is 4.79 Å². The molecule has 1 aromatic heterocycles. The fourth-order valence-corrected chi connectivity index (χ4v) is 3.71. The van der Waals surface area contributed by atoms with Gasteiger partial charge in [0.1, 0.15) is 0 Å². The molecule has 0 radical (unpaired) electrons. The molecule has 0 unspecified atom stereocenters. The van der Waals surface area contributed by atoms with E-state index in [4.69, 9.17) is 0 Å². The zero-order chi connectivity index (χ0) is 15.3. The van der Waals surface area contributed by atoms with Crippen molar-refractivity contribution in [2.45, 2.75) is 25.0 Å². The number of piperidine rings is 1. The molecule has 1 aromatic carbocycles. The van der Waals surface area contributed by atoms with Gasteiger partial charge >= 0.3 is 6.03 Å². The molecule has 0 bridgehead atoms. The second kappa shape index (κ2) is 4.98. The number of hydrogen-bond acceptors (Lipinski definition) is 3. The molecule has 22 heavy (non-hydrogen) atoms. The van der Waals surface area contributed by atoms with Crippen LogP contribution in [0.2, 0.25) is 0 Å². The SMILES string of the molecule is CN1C(=O)N[C@@H]2CN(Cc3ccc4c(c3)ncn4C)CC[C@@H]21. The minimum Gasteiger partial charge on any atom is -0.334 e. The van der Waals surface area contributed by atoms with Crippen LogP contribution in [0.1, 0.15) is 12.0 Å². The van der Waals surface area contributed by atoms with Crippen LogP contribution in [0.25, 0.3) is 11.0 Å². The molecule has 2 atom stereocenters. The molecule has 1 N–H and O–H groups in total. The third kappa shape index (κ3) is 2.14. The number of aromatic nitrogens is 2. The van der Waals surface area contributed by atoms with E-state index in [0.29, 0.717) is 6.04 Å².